The highest BCUT2D eigenvalue weighted by Crippen LogP contribution is 2.14. The summed E-state index contributed by atoms with van der Waals surface area (Å²) in [6.07, 6.45) is 0. The van der Waals surface area contributed by atoms with Gasteiger partial charge in [0.15, 0.2) is 0 Å². The third-order valence-corrected chi connectivity index (χ3v) is 3.80. The summed E-state index contributed by atoms with van der Waals surface area (Å²) in [6.45, 7) is 2.26. The summed E-state index contributed by atoms with van der Waals surface area (Å²) in [4.78, 5) is 35.7. The van der Waals surface area contributed by atoms with Crippen LogP contribution in [0.3, 0.4) is 0 Å². The minimum absolute atomic E-state index is 0.0659. The van der Waals surface area contributed by atoms with Crippen LogP contribution in [0.25, 0.3) is 0 Å². The van der Waals surface area contributed by atoms with Crippen LogP contribution in [0.5, 0.6) is 0 Å². The van der Waals surface area contributed by atoms with Gasteiger partial charge < -0.3 is 16.0 Å². The molecule has 0 unspecified atom stereocenters. The van der Waals surface area contributed by atoms with E-state index in [1.807, 2.05) is 18.4 Å². The minimum Gasteiger partial charge on any atom is -0.355 e. The first-order chi connectivity index (χ1) is 11.1. The number of nitrogens with one attached hydrogen (secondary N) is 3. The average molecular weight is 331 g/mol. The number of hydrogen-bond acceptors (Lipinski definition) is 4. The standard InChI is InChI=1S/C16H17N3O3S/c1-2-17-14(20)10-18-15(21)11-5-7-12(8-6-11)19-16(22)13-4-3-9-23-13/h3-9H,2,10H2,1H3,(H,17,20)(H,18,21)(H,19,22). The summed E-state index contributed by atoms with van der Waals surface area (Å²) in [5, 5.41) is 9.71. The molecule has 0 saturated carbocycles. The van der Waals surface area contributed by atoms with E-state index in [1.165, 1.54) is 11.3 Å². The number of amides is 3. The van der Waals surface area contributed by atoms with Gasteiger partial charge in [-0.25, -0.2) is 0 Å². The molecule has 1 aromatic carbocycles. The normalized spacial score (nSPS) is 9.96. The summed E-state index contributed by atoms with van der Waals surface area (Å²) in [5.41, 5.74) is 1.02. The zero-order chi connectivity index (χ0) is 16.7. The van der Waals surface area contributed by atoms with Gasteiger partial charge in [-0.2, -0.15) is 0 Å². The number of carbonyl (C=O) groups is 3. The molecule has 2 aromatic rings. The van der Waals surface area contributed by atoms with Gasteiger partial charge in [0.05, 0.1) is 11.4 Å². The van der Waals surface area contributed by atoms with Gasteiger partial charge >= 0.3 is 0 Å². The molecular formula is C16H17N3O3S. The highest BCUT2D eigenvalue weighted by Gasteiger charge is 2.09. The highest BCUT2D eigenvalue weighted by molar-refractivity contribution is 7.12. The highest BCUT2D eigenvalue weighted by atomic mass is 32.1. The zero-order valence-corrected chi connectivity index (χ0v) is 13.4. The molecule has 0 saturated heterocycles. The molecule has 2 rings (SSSR count). The van der Waals surface area contributed by atoms with Crippen LogP contribution in [0.4, 0.5) is 5.69 Å². The van der Waals surface area contributed by atoms with Crippen LogP contribution in [-0.2, 0) is 4.79 Å². The molecule has 0 radical (unpaired) electrons. The molecule has 0 aliphatic heterocycles. The Morgan fingerprint density at radius 2 is 1.74 bits per heavy atom. The van der Waals surface area contributed by atoms with Crippen molar-refractivity contribution in [3.05, 3.63) is 52.2 Å². The van der Waals surface area contributed by atoms with Crippen molar-refractivity contribution < 1.29 is 14.4 Å². The SMILES string of the molecule is CCNC(=O)CNC(=O)c1ccc(NC(=O)c2cccs2)cc1. The van der Waals surface area contributed by atoms with Gasteiger partial charge in [-0.1, -0.05) is 6.07 Å². The van der Waals surface area contributed by atoms with Gasteiger partial charge in [-0.15, -0.1) is 11.3 Å². The lowest BCUT2D eigenvalue weighted by atomic mass is 10.2. The predicted octanol–water partition coefficient (Wildman–Crippen LogP) is 1.87. The van der Waals surface area contributed by atoms with Crippen molar-refractivity contribution in [1.82, 2.24) is 10.6 Å². The topological polar surface area (TPSA) is 87.3 Å². The molecule has 3 N–H and O–H groups in total. The molecule has 6 nitrogen and oxygen atoms in total. The van der Waals surface area contributed by atoms with E-state index in [-0.39, 0.29) is 24.3 Å². The van der Waals surface area contributed by atoms with Gasteiger partial charge in [-0.3, -0.25) is 14.4 Å². The molecule has 0 atom stereocenters. The van der Waals surface area contributed by atoms with E-state index >= 15 is 0 Å². The Balaban J connectivity index is 1.90. The molecule has 0 spiro atoms. The first-order valence-electron chi connectivity index (χ1n) is 7.10. The van der Waals surface area contributed by atoms with Gasteiger partial charge in [0, 0.05) is 17.8 Å². The van der Waals surface area contributed by atoms with Crippen molar-refractivity contribution in [1.29, 1.82) is 0 Å². The number of hydrogen-bond donors (Lipinski definition) is 3. The van der Waals surface area contributed by atoms with Crippen LogP contribution in [0.2, 0.25) is 0 Å². The fourth-order valence-electron chi connectivity index (χ4n) is 1.83. The molecule has 0 bridgehead atoms. The first kappa shape index (κ1) is 16.7. The van der Waals surface area contributed by atoms with Gasteiger partial charge in [-0.05, 0) is 42.6 Å². The van der Waals surface area contributed by atoms with Crippen LogP contribution in [-0.4, -0.2) is 30.8 Å². The summed E-state index contributed by atoms with van der Waals surface area (Å²) < 4.78 is 0. The third-order valence-electron chi connectivity index (χ3n) is 2.93. The van der Waals surface area contributed by atoms with Gasteiger partial charge in [0.1, 0.15) is 0 Å². The monoisotopic (exact) mass is 331 g/mol. The van der Waals surface area contributed by atoms with Gasteiger partial charge in [0.2, 0.25) is 5.91 Å². The molecule has 23 heavy (non-hydrogen) atoms. The summed E-state index contributed by atoms with van der Waals surface area (Å²) in [7, 11) is 0. The molecule has 0 fully saturated rings. The second-order valence-electron chi connectivity index (χ2n) is 4.64. The Kier molecular flexibility index (Phi) is 5.87. The van der Waals surface area contributed by atoms with Crippen LogP contribution in [0.1, 0.15) is 27.0 Å². The van der Waals surface area contributed by atoms with E-state index in [0.717, 1.165) is 0 Å². The molecule has 3 amide bonds. The lowest BCUT2D eigenvalue weighted by Gasteiger charge is -2.07. The molecule has 0 aliphatic rings. The smallest absolute Gasteiger partial charge is 0.265 e. The Bertz CT molecular complexity index is 681. The average Bonchev–Trinajstić information content (AvgIpc) is 3.08. The number of anilines is 1. The largest absolute Gasteiger partial charge is 0.355 e. The van der Waals surface area contributed by atoms with Crippen LogP contribution in [0, 0.1) is 0 Å². The maximum atomic E-state index is 11.9. The predicted molar refractivity (Wildman–Crippen MR) is 89.7 cm³/mol. The maximum absolute atomic E-state index is 11.9. The number of thiophene rings is 1. The van der Waals surface area contributed by atoms with E-state index in [0.29, 0.717) is 22.7 Å². The van der Waals surface area contributed by atoms with Crippen LogP contribution >= 0.6 is 11.3 Å². The Hall–Kier alpha value is -2.67. The Labute approximate surface area is 137 Å². The van der Waals surface area contributed by atoms with E-state index in [9.17, 15) is 14.4 Å². The van der Waals surface area contributed by atoms with Crippen molar-refractivity contribution in [3.63, 3.8) is 0 Å². The van der Waals surface area contributed by atoms with E-state index in [4.69, 9.17) is 0 Å². The summed E-state index contributed by atoms with van der Waals surface area (Å²) in [5.74, 6) is -0.762. The first-order valence-corrected chi connectivity index (χ1v) is 7.98. The Morgan fingerprint density at radius 1 is 1.00 bits per heavy atom. The number of benzene rings is 1. The number of carbonyl (C=O) groups excluding carboxylic acids is 3. The molecular weight excluding hydrogens is 314 g/mol. The van der Waals surface area contributed by atoms with Crippen molar-refractivity contribution in [2.24, 2.45) is 0 Å². The van der Waals surface area contributed by atoms with Crippen LogP contribution in [0.15, 0.2) is 41.8 Å². The molecule has 120 valence electrons. The number of likely N-dealkylation sites (N-methyl/N-ethyl adjacent to an activating group) is 1. The quantitative estimate of drug-likeness (QED) is 0.755. The third kappa shape index (κ3) is 4.93. The molecule has 7 heteroatoms. The lowest BCUT2D eigenvalue weighted by Crippen LogP contribution is -2.36. The van der Waals surface area contributed by atoms with E-state index in [1.54, 1.807) is 30.3 Å². The maximum Gasteiger partial charge on any atom is 0.265 e. The van der Waals surface area contributed by atoms with Crippen molar-refractivity contribution >= 4 is 34.7 Å². The zero-order valence-electron chi connectivity index (χ0n) is 12.6. The molecule has 0 aliphatic carbocycles. The molecule has 1 heterocycles. The fraction of sp³-hybridized carbons (Fsp3) is 0.188. The minimum atomic E-state index is -0.340. The molecule has 1 aromatic heterocycles. The van der Waals surface area contributed by atoms with E-state index < -0.39 is 0 Å². The summed E-state index contributed by atoms with van der Waals surface area (Å²) in [6, 6.07) is 10.0. The second-order valence-corrected chi connectivity index (χ2v) is 5.59. The van der Waals surface area contributed by atoms with Crippen molar-refractivity contribution in [2.45, 2.75) is 6.92 Å². The number of rotatable bonds is 6. The summed E-state index contributed by atoms with van der Waals surface area (Å²) >= 11 is 1.36. The second kappa shape index (κ2) is 8.09. The van der Waals surface area contributed by atoms with Crippen molar-refractivity contribution in [2.75, 3.05) is 18.4 Å². The Morgan fingerprint density at radius 3 is 2.35 bits per heavy atom. The van der Waals surface area contributed by atoms with Crippen molar-refractivity contribution in [3.8, 4) is 0 Å². The van der Waals surface area contributed by atoms with E-state index in [2.05, 4.69) is 16.0 Å². The lowest BCUT2D eigenvalue weighted by molar-refractivity contribution is -0.120. The van der Waals surface area contributed by atoms with Crippen LogP contribution < -0.4 is 16.0 Å². The van der Waals surface area contributed by atoms with Gasteiger partial charge in [0.25, 0.3) is 11.8 Å². The fourth-order valence-corrected chi connectivity index (χ4v) is 2.45.